The summed E-state index contributed by atoms with van der Waals surface area (Å²) in [5, 5.41) is 10.5. The van der Waals surface area contributed by atoms with E-state index >= 15 is 0 Å². The van der Waals surface area contributed by atoms with Crippen LogP contribution in [0.4, 0.5) is 5.69 Å². The molecule has 0 aromatic heterocycles. The molecule has 1 aromatic carbocycles. The molecular formula is C10H13NO4. The SMILES string of the molecule is COCCOCc1cccc([N+](=O)[O-])c1. The van der Waals surface area contributed by atoms with Crippen molar-refractivity contribution in [1.82, 2.24) is 0 Å². The van der Waals surface area contributed by atoms with Crippen molar-refractivity contribution >= 4 is 5.69 Å². The van der Waals surface area contributed by atoms with E-state index in [1.165, 1.54) is 12.1 Å². The van der Waals surface area contributed by atoms with E-state index in [1.807, 2.05) is 0 Å². The maximum absolute atomic E-state index is 10.5. The molecule has 0 fully saturated rings. The molecule has 0 saturated carbocycles. The van der Waals surface area contributed by atoms with Gasteiger partial charge in [-0.2, -0.15) is 0 Å². The Kier molecular flexibility index (Phi) is 4.73. The third kappa shape index (κ3) is 4.05. The second-order valence-corrected chi connectivity index (χ2v) is 2.97. The van der Waals surface area contributed by atoms with Crippen LogP contribution in [0.3, 0.4) is 0 Å². The monoisotopic (exact) mass is 211 g/mol. The zero-order valence-corrected chi connectivity index (χ0v) is 8.51. The molecule has 0 radical (unpaired) electrons. The van der Waals surface area contributed by atoms with Gasteiger partial charge in [0, 0.05) is 19.2 Å². The molecule has 1 aromatic rings. The van der Waals surface area contributed by atoms with Crippen molar-refractivity contribution in [3.8, 4) is 0 Å². The lowest BCUT2D eigenvalue weighted by atomic mass is 10.2. The topological polar surface area (TPSA) is 61.6 Å². The van der Waals surface area contributed by atoms with Gasteiger partial charge in [-0.25, -0.2) is 0 Å². The van der Waals surface area contributed by atoms with Gasteiger partial charge >= 0.3 is 0 Å². The second-order valence-electron chi connectivity index (χ2n) is 2.97. The Morgan fingerprint density at radius 3 is 2.87 bits per heavy atom. The fourth-order valence-corrected chi connectivity index (χ4v) is 1.09. The lowest BCUT2D eigenvalue weighted by Crippen LogP contribution is -2.02. The van der Waals surface area contributed by atoms with Crippen LogP contribution in [0.25, 0.3) is 0 Å². The number of hydrogen-bond donors (Lipinski definition) is 0. The van der Waals surface area contributed by atoms with Gasteiger partial charge < -0.3 is 9.47 Å². The molecule has 0 N–H and O–H groups in total. The van der Waals surface area contributed by atoms with Crippen molar-refractivity contribution in [3.05, 3.63) is 39.9 Å². The maximum Gasteiger partial charge on any atom is 0.269 e. The Hall–Kier alpha value is -1.46. The lowest BCUT2D eigenvalue weighted by Gasteiger charge is -2.03. The zero-order valence-electron chi connectivity index (χ0n) is 8.51. The number of methoxy groups -OCH3 is 1. The van der Waals surface area contributed by atoms with Gasteiger partial charge in [0.2, 0.25) is 0 Å². The molecule has 5 nitrogen and oxygen atoms in total. The molecule has 0 heterocycles. The van der Waals surface area contributed by atoms with E-state index in [1.54, 1.807) is 19.2 Å². The minimum atomic E-state index is -0.418. The second kappa shape index (κ2) is 6.10. The summed E-state index contributed by atoms with van der Waals surface area (Å²) in [5.41, 5.74) is 0.878. The first-order valence-corrected chi connectivity index (χ1v) is 4.54. The molecule has 0 aliphatic carbocycles. The molecule has 1 rings (SSSR count). The minimum Gasteiger partial charge on any atom is -0.382 e. The summed E-state index contributed by atoms with van der Waals surface area (Å²) in [4.78, 5) is 10.1. The number of non-ortho nitro benzene ring substituents is 1. The number of hydrogen-bond acceptors (Lipinski definition) is 4. The summed E-state index contributed by atoms with van der Waals surface area (Å²) in [6, 6.07) is 6.40. The molecule has 0 unspecified atom stereocenters. The average molecular weight is 211 g/mol. The number of nitro groups is 1. The van der Waals surface area contributed by atoms with E-state index in [0.29, 0.717) is 19.8 Å². The first kappa shape index (κ1) is 11.6. The normalized spacial score (nSPS) is 10.2. The summed E-state index contributed by atoms with van der Waals surface area (Å²) in [5.74, 6) is 0. The van der Waals surface area contributed by atoms with E-state index in [0.717, 1.165) is 5.56 Å². The zero-order chi connectivity index (χ0) is 11.1. The summed E-state index contributed by atoms with van der Waals surface area (Å²) in [6.07, 6.45) is 0. The Morgan fingerprint density at radius 2 is 2.20 bits per heavy atom. The van der Waals surface area contributed by atoms with Crippen LogP contribution in [0.15, 0.2) is 24.3 Å². The van der Waals surface area contributed by atoms with Crippen LogP contribution in [0, 0.1) is 10.1 Å². The third-order valence-electron chi connectivity index (χ3n) is 1.82. The Balaban J connectivity index is 2.47. The molecule has 82 valence electrons. The Bertz CT molecular complexity index is 327. The van der Waals surface area contributed by atoms with Crippen LogP contribution in [-0.4, -0.2) is 25.2 Å². The van der Waals surface area contributed by atoms with Gasteiger partial charge in [-0.05, 0) is 5.56 Å². The first-order valence-electron chi connectivity index (χ1n) is 4.54. The third-order valence-corrected chi connectivity index (χ3v) is 1.82. The van der Waals surface area contributed by atoms with Gasteiger partial charge in [-0.1, -0.05) is 12.1 Å². The van der Waals surface area contributed by atoms with Crippen molar-refractivity contribution in [2.24, 2.45) is 0 Å². The van der Waals surface area contributed by atoms with Gasteiger partial charge in [0.15, 0.2) is 0 Å². The summed E-state index contributed by atoms with van der Waals surface area (Å²) >= 11 is 0. The highest BCUT2D eigenvalue weighted by Crippen LogP contribution is 2.13. The van der Waals surface area contributed by atoms with Crippen LogP contribution < -0.4 is 0 Å². The van der Waals surface area contributed by atoms with E-state index in [9.17, 15) is 10.1 Å². The highest BCUT2D eigenvalue weighted by Gasteiger charge is 2.04. The predicted octanol–water partition coefficient (Wildman–Crippen LogP) is 1.76. The molecule has 0 spiro atoms. The smallest absolute Gasteiger partial charge is 0.269 e. The molecule has 0 aliphatic rings. The Labute approximate surface area is 87.8 Å². The molecule has 15 heavy (non-hydrogen) atoms. The summed E-state index contributed by atoms with van der Waals surface area (Å²) < 4.78 is 10.1. The fourth-order valence-electron chi connectivity index (χ4n) is 1.09. The number of ether oxygens (including phenoxy) is 2. The molecular weight excluding hydrogens is 198 g/mol. The van der Waals surface area contributed by atoms with E-state index in [-0.39, 0.29) is 5.69 Å². The van der Waals surface area contributed by atoms with E-state index in [4.69, 9.17) is 9.47 Å². The van der Waals surface area contributed by atoms with Gasteiger partial charge in [0.05, 0.1) is 24.7 Å². The molecule has 0 saturated heterocycles. The van der Waals surface area contributed by atoms with Gasteiger partial charge in [0.1, 0.15) is 0 Å². The Morgan fingerprint density at radius 1 is 1.40 bits per heavy atom. The lowest BCUT2D eigenvalue weighted by molar-refractivity contribution is -0.384. The predicted molar refractivity (Wildman–Crippen MR) is 54.6 cm³/mol. The number of nitrogens with zero attached hydrogens (tertiary/aromatic N) is 1. The van der Waals surface area contributed by atoms with E-state index < -0.39 is 4.92 Å². The highest BCUT2D eigenvalue weighted by atomic mass is 16.6. The van der Waals surface area contributed by atoms with E-state index in [2.05, 4.69) is 0 Å². The van der Waals surface area contributed by atoms with Crippen LogP contribution in [0.2, 0.25) is 0 Å². The number of benzene rings is 1. The van der Waals surface area contributed by atoms with Crippen LogP contribution in [0.1, 0.15) is 5.56 Å². The summed E-state index contributed by atoms with van der Waals surface area (Å²) in [6.45, 7) is 1.37. The first-order chi connectivity index (χ1) is 7.24. The van der Waals surface area contributed by atoms with Crippen molar-refractivity contribution in [3.63, 3.8) is 0 Å². The highest BCUT2D eigenvalue weighted by molar-refractivity contribution is 5.33. The van der Waals surface area contributed by atoms with Crippen LogP contribution >= 0.6 is 0 Å². The number of rotatable bonds is 6. The van der Waals surface area contributed by atoms with Crippen molar-refractivity contribution in [1.29, 1.82) is 0 Å². The molecule has 0 amide bonds. The van der Waals surface area contributed by atoms with Gasteiger partial charge in [-0.15, -0.1) is 0 Å². The molecule has 0 bridgehead atoms. The van der Waals surface area contributed by atoms with Gasteiger partial charge in [-0.3, -0.25) is 10.1 Å². The molecule has 0 atom stereocenters. The van der Waals surface area contributed by atoms with Gasteiger partial charge in [0.25, 0.3) is 5.69 Å². The van der Waals surface area contributed by atoms with Crippen LogP contribution in [0.5, 0.6) is 0 Å². The quantitative estimate of drug-likeness (QED) is 0.408. The van der Waals surface area contributed by atoms with Crippen molar-refractivity contribution in [2.75, 3.05) is 20.3 Å². The van der Waals surface area contributed by atoms with Crippen molar-refractivity contribution < 1.29 is 14.4 Å². The van der Waals surface area contributed by atoms with Crippen LogP contribution in [-0.2, 0) is 16.1 Å². The maximum atomic E-state index is 10.5. The molecule has 0 aliphatic heterocycles. The standard InChI is InChI=1S/C10H13NO4/c1-14-5-6-15-8-9-3-2-4-10(7-9)11(12)13/h2-4,7H,5-6,8H2,1H3. The molecule has 5 heteroatoms. The average Bonchev–Trinajstić information content (AvgIpc) is 2.25. The summed E-state index contributed by atoms with van der Waals surface area (Å²) in [7, 11) is 1.59. The minimum absolute atomic E-state index is 0.0860. The largest absolute Gasteiger partial charge is 0.382 e. The fraction of sp³-hybridized carbons (Fsp3) is 0.400. The van der Waals surface area contributed by atoms with Crippen molar-refractivity contribution in [2.45, 2.75) is 6.61 Å². The number of nitro benzene ring substituents is 1.